The molecule has 0 amide bonds. The van der Waals surface area contributed by atoms with Crippen molar-refractivity contribution in [2.24, 2.45) is 0 Å². The lowest BCUT2D eigenvalue weighted by Crippen LogP contribution is -2.48. The number of benzene rings is 1. The molecule has 2 heterocycles. The van der Waals surface area contributed by atoms with Crippen LogP contribution in [0.25, 0.3) is 10.9 Å². The van der Waals surface area contributed by atoms with E-state index in [9.17, 15) is 9.18 Å². The van der Waals surface area contributed by atoms with Gasteiger partial charge in [-0.05, 0) is 18.2 Å². The zero-order valence-corrected chi connectivity index (χ0v) is 8.35. The average Bonchev–Trinajstić information content (AvgIpc) is 2.20. The number of rotatable bonds is 1. The van der Waals surface area contributed by atoms with Crippen molar-refractivity contribution in [2.75, 3.05) is 13.1 Å². The van der Waals surface area contributed by atoms with E-state index >= 15 is 0 Å². The van der Waals surface area contributed by atoms with E-state index in [1.807, 2.05) is 0 Å². The van der Waals surface area contributed by atoms with Gasteiger partial charge in [-0.25, -0.2) is 9.07 Å². The van der Waals surface area contributed by atoms with Crippen LogP contribution < -0.4 is 10.9 Å². The van der Waals surface area contributed by atoms with Gasteiger partial charge in [0.05, 0.1) is 11.4 Å². The maximum atomic E-state index is 13.0. The molecule has 3 rings (SSSR count). The van der Waals surface area contributed by atoms with Gasteiger partial charge in [0.25, 0.3) is 5.56 Å². The van der Waals surface area contributed by atoms with E-state index in [0.29, 0.717) is 18.6 Å². The molecular formula is C10H9FN4O. The van der Waals surface area contributed by atoms with Crippen LogP contribution in [0, 0.1) is 5.82 Å². The number of hydrogen-bond donors (Lipinski definition) is 1. The van der Waals surface area contributed by atoms with Crippen molar-refractivity contribution in [1.82, 2.24) is 20.3 Å². The molecule has 1 aromatic heterocycles. The van der Waals surface area contributed by atoms with Gasteiger partial charge in [-0.2, -0.15) is 0 Å². The molecule has 5 nitrogen and oxygen atoms in total. The monoisotopic (exact) mass is 220 g/mol. The standard InChI is InChI=1S/C10H9FN4O/c11-6-1-2-9-8(3-6)10(16)15(14-13-9)7-4-12-5-7/h1-3,7,12H,4-5H2. The largest absolute Gasteiger partial charge is 0.312 e. The normalized spacial score (nSPS) is 16.3. The van der Waals surface area contributed by atoms with Gasteiger partial charge >= 0.3 is 0 Å². The van der Waals surface area contributed by atoms with Crippen molar-refractivity contribution in [2.45, 2.75) is 6.04 Å². The number of nitrogens with zero attached hydrogens (tertiary/aromatic N) is 3. The third-order valence-corrected chi connectivity index (χ3v) is 2.75. The molecule has 6 heteroatoms. The Kier molecular flexibility index (Phi) is 1.97. The Morgan fingerprint density at radius 1 is 1.44 bits per heavy atom. The van der Waals surface area contributed by atoms with Crippen LogP contribution in [0.5, 0.6) is 0 Å². The summed E-state index contributed by atoms with van der Waals surface area (Å²) in [5.74, 6) is -0.434. The lowest BCUT2D eigenvalue weighted by Gasteiger charge is -2.27. The molecular weight excluding hydrogens is 211 g/mol. The minimum Gasteiger partial charge on any atom is -0.312 e. The summed E-state index contributed by atoms with van der Waals surface area (Å²) < 4.78 is 14.4. The number of aromatic nitrogens is 3. The summed E-state index contributed by atoms with van der Waals surface area (Å²) in [5.41, 5.74) is 0.144. The van der Waals surface area contributed by atoms with Crippen LogP contribution >= 0.6 is 0 Å². The van der Waals surface area contributed by atoms with Crippen molar-refractivity contribution in [3.8, 4) is 0 Å². The highest BCUT2D eigenvalue weighted by atomic mass is 19.1. The quantitative estimate of drug-likeness (QED) is 0.739. The second-order valence-corrected chi connectivity index (χ2v) is 3.81. The van der Waals surface area contributed by atoms with Gasteiger partial charge in [-0.15, -0.1) is 5.10 Å². The van der Waals surface area contributed by atoms with E-state index in [-0.39, 0.29) is 17.0 Å². The topological polar surface area (TPSA) is 59.8 Å². The van der Waals surface area contributed by atoms with Gasteiger partial charge in [0, 0.05) is 13.1 Å². The summed E-state index contributed by atoms with van der Waals surface area (Å²) in [7, 11) is 0. The first-order valence-electron chi connectivity index (χ1n) is 5.01. The van der Waals surface area contributed by atoms with E-state index in [2.05, 4.69) is 15.6 Å². The predicted octanol–water partition coefficient (Wildman–Crippen LogP) is 0.0749. The molecule has 1 aliphatic rings. The van der Waals surface area contributed by atoms with Gasteiger partial charge in [0.15, 0.2) is 0 Å². The van der Waals surface area contributed by atoms with E-state index in [4.69, 9.17) is 0 Å². The van der Waals surface area contributed by atoms with Crippen LogP contribution in [0.3, 0.4) is 0 Å². The summed E-state index contributed by atoms with van der Waals surface area (Å²) in [6.07, 6.45) is 0. The minimum absolute atomic E-state index is 0.0349. The summed E-state index contributed by atoms with van der Waals surface area (Å²) in [5, 5.41) is 11.1. The van der Waals surface area contributed by atoms with Crippen LogP contribution in [0.1, 0.15) is 6.04 Å². The van der Waals surface area contributed by atoms with E-state index in [1.165, 1.54) is 22.9 Å². The van der Waals surface area contributed by atoms with Crippen LogP contribution in [-0.4, -0.2) is 28.1 Å². The molecule has 1 N–H and O–H groups in total. The fraction of sp³-hybridized carbons (Fsp3) is 0.300. The first-order chi connectivity index (χ1) is 7.75. The number of halogens is 1. The van der Waals surface area contributed by atoms with Crippen LogP contribution in [-0.2, 0) is 0 Å². The fourth-order valence-electron chi connectivity index (χ4n) is 1.71. The van der Waals surface area contributed by atoms with Crippen LogP contribution in [0.2, 0.25) is 0 Å². The highest BCUT2D eigenvalue weighted by Gasteiger charge is 2.22. The maximum Gasteiger partial charge on any atom is 0.278 e. The molecule has 0 spiro atoms. The van der Waals surface area contributed by atoms with Crippen molar-refractivity contribution in [3.05, 3.63) is 34.4 Å². The molecule has 16 heavy (non-hydrogen) atoms. The Morgan fingerprint density at radius 3 is 2.94 bits per heavy atom. The van der Waals surface area contributed by atoms with E-state index < -0.39 is 5.82 Å². The molecule has 1 aromatic carbocycles. The van der Waals surface area contributed by atoms with Gasteiger partial charge in [-0.3, -0.25) is 4.79 Å². The third kappa shape index (κ3) is 1.30. The Labute approximate surface area is 89.9 Å². The third-order valence-electron chi connectivity index (χ3n) is 2.75. The molecule has 0 unspecified atom stereocenters. The Bertz CT molecular complexity index is 605. The smallest absolute Gasteiger partial charge is 0.278 e. The Balaban J connectivity index is 2.25. The average molecular weight is 220 g/mol. The van der Waals surface area contributed by atoms with Crippen molar-refractivity contribution in [3.63, 3.8) is 0 Å². The minimum atomic E-state index is -0.434. The Morgan fingerprint density at radius 2 is 2.25 bits per heavy atom. The number of fused-ring (bicyclic) bond motifs is 1. The highest BCUT2D eigenvalue weighted by molar-refractivity contribution is 5.76. The van der Waals surface area contributed by atoms with Gasteiger partial charge in [0.2, 0.25) is 0 Å². The molecule has 1 fully saturated rings. The van der Waals surface area contributed by atoms with Gasteiger partial charge in [-0.1, -0.05) is 5.21 Å². The summed E-state index contributed by atoms with van der Waals surface area (Å²) in [6.45, 7) is 1.41. The zero-order chi connectivity index (χ0) is 11.1. The molecule has 1 aliphatic heterocycles. The number of nitrogens with one attached hydrogen (secondary N) is 1. The molecule has 0 aliphatic carbocycles. The van der Waals surface area contributed by atoms with Crippen LogP contribution in [0.4, 0.5) is 4.39 Å². The lowest BCUT2D eigenvalue weighted by molar-refractivity contribution is 0.300. The zero-order valence-electron chi connectivity index (χ0n) is 8.35. The Hall–Kier alpha value is -1.82. The first kappa shape index (κ1) is 9.41. The van der Waals surface area contributed by atoms with Crippen molar-refractivity contribution < 1.29 is 4.39 Å². The first-order valence-corrected chi connectivity index (χ1v) is 5.01. The lowest BCUT2D eigenvalue weighted by atomic mass is 10.2. The SMILES string of the molecule is O=c1c2cc(F)ccc2nnn1C1CNC1. The van der Waals surface area contributed by atoms with Gasteiger partial charge < -0.3 is 5.32 Å². The van der Waals surface area contributed by atoms with E-state index in [1.54, 1.807) is 0 Å². The summed E-state index contributed by atoms with van der Waals surface area (Å²) in [4.78, 5) is 12.0. The van der Waals surface area contributed by atoms with Crippen molar-refractivity contribution in [1.29, 1.82) is 0 Å². The van der Waals surface area contributed by atoms with Crippen LogP contribution in [0.15, 0.2) is 23.0 Å². The number of hydrogen-bond acceptors (Lipinski definition) is 4. The molecule has 2 aromatic rings. The summed E-state index contributed by atoms with van der Waals surface area (Å²) >= 11 is 0. The van der Waals surface area contributed by atoms with Crippen molar-refractivity contribution >= 4 is 10.9 Å². The maximum absolute atomic E-state index is 13.0. The second kappa shape index (κ2) is 3.34. The summed E-state index contributed by atoms with van der Waals surface area (Å²) in [6, 6.07) is 3.97. The molecule has 0 radical (unpaired) electrons. The molecule has 0 bridgehead atoms. The molecule has 0 saturated carbocycles. The second-order valence-electron chi connectivity index (χ2n) is 3.81. The predicted molar refractivity (Wildman–Crippen MR) is 55.7 cm³/mol. The molecule has 0 atom stereocenters. The highest BCUT2D eigenvalue weighted by Crippen LogP contribution is 2.11. The van der Waals surface area contributed by atoms with E-state index in [0.717, 1.165) is 0 Å². The molecule has 82 valence electrons. The van der Waals surface area contributed by atoms with Gasteiger partial charge in [0.1, 0.15) is 11.3 Å². The fourth-order valence-corrected chi connectivity index (χ4v) is 1.71. The molecule has 1 saturated heterocycles.